The molecule has 0 aliphatic carbocycles. The van der Waals surface area contributed by atoms with Crippen molar-refractivity contribution in [1.29, 1.82) is 5.26 Å². The summed E-state index contributed by atoms with van der Waals surface area (Å²) in [6, 6.07) is 7.79. The van der Waals surface area contributed by atoms with Crippen LogP contribution in [-0.2, 0) is 0 Å². The molecule has 2 aromatic rings. The van der Waals surface area contributed by atoms with Gasteiger partial charge in [-0.1, -0.05) is 6.07 Å². The lowest BCUT2D eigenvalue weighted by Crippen LogP contribution is -1.89. The lowest BCUT2D eigenvalue weighted by molar-refractivity contribution is 1.10. The molecule has 2 rings (SSSR count). The highest BCUT2D eigenvalue weighted by Crippen LogP contribution is 2.25. The maximum Gasteiger partial charge on any atom is 0.145 e. The molecule has 16 heavy (non-hydrogen) atoms. The van der Waals surface area contributed by atoms with Crippen LogP contribution in [0.5, 0.6) is 0 Å². The average Bonchev–Trinajstić information content (AvgIpc) is 2.65. The molecular weight excluding hydrogens is 200 g/mol. The fourth-order valence-corrected chi connectivity index (χ4v) is 1.74. The molecule has 80 valence electrons. The molecule has 1 aromatic carbocycles. The fourth-order valence-electron chi connectivity index (χ4n) is 1.74. The second kappa shape index (κ2) is 3.70. The Hall–Kier alpha value is -2.28. The van der Waals surface area contributed by atoms with Crippen LogP contribution in [0.4, 0.5) is 5.82 Å². The van der Waals surface area contributed by atoms with Crippen molar-refractivity contribution >= 4 is 5.82 Å². The molecular formula is C12H12N4. The Balaban J connectivity index is 2.62. The van der Waals surface area contributed by atoms with Crippen LogP contribution in [0.15, 0.2) is 18.2 Å². The van der Waals surface area contributed by atoms with Gasteiger partial charge in [0.15, 0.2) is 0 Å². The molecule has 1 heterocycles. The number of hydrogen-bond acceptors (Lipinski definition) is 3. The fraction of sp³-hybridized carbons (Fsp3) is 0.167. The standard InChI is InChI=1S/C12H12N4/c1-7-3-8(2)10(4-9(7)6-13)11-5-12(14)16-15-11/h3-5H,1-2H3,(H3,14,15,16). The molecule has 0 spiro atoms. The van der Waals surface area contributed by atoms with E-state index in [1.54, 1.807) is 6.07 Å². The van der Waals surface area contributed by atoms with Crippen LogP contribution in [0.2, 0.25) is 0 Å². The van der Waals surface area contributed by atoms with Crippen LogP contribution < -0.4 is 5.73 Å². The van der Waals surface area contributed by atoms with E-state index in [0.29, 0.717) is 11.4 Å². The first kappa shape index (κ1) is 10.2. The average molecular weight is 212 g/mol. The summed E-state index contributed by atoms with van der Waals surface area (Å²) in [5.74, 6) is 0.452. The van der Waals surface area contributed by atoms with Crippen molar-refractivity contribution in [2.45, 2.75) is 13.8 Å². The third-order valence-corrected chi connectivity index (χ3v) is 2.58. The summed E-state index contributed by atoms with van der Waals surface area (Å²) >= 11 is 0. The van der Waals surface area contributed by atoms with E-state index in [1.165, 1.54) is 0 Å². The first-order chi connectivity index (χ1) is 7.61. The van der Waals surface area contributed by atoms with Crippen LogP contribution in [0.25, 0.3) is 11.3 Å². The highest BCUT2D eigenvalue weighted by molar-refractivity contribution is 5.68. The molecule has 0 bridgehead atoms. The molecule has 0 saturated heterocycles. The topological polar surface area (TPSA) is 78.5 Å². The number of aromatic nitrogens is 2. The third kappa shape index (κ3) is 1.63. The zero-order valence-corrected chi connectivity index (χ0v) is 9.20. The number of aromatic amines is 1. The molecule has 3 N–H and O–H groups in total. The summed E-state index contributed by atoms with van der Waals surface area (Å²) in [6.45, 7) is 3.93. The molecule has 0 aliphatic rings. The van der Waals surface area contributed by atoms with Crippen LogP contribution in [0.3, 0.4) is 0 Å². The predicted octanol–water partition coefficient (Wildman–Crippen LogP) is 2.15. The van der Waals surface area contributed by atoms with Gasteiger partial charge in [-0.3, -0.25) is 5.10 Å². The van der Waals surface area contributed by atoms with Crippen molar-refractivity contribution in [2.75, 3.05) is 5.73 Å². The number of nitrogens with two attached hydrogens (primary N) is 1. The number of nitriles is 1. The van der Waals surface area contributed by atoms with E-state index in [9.17, 15) is 0 Å². The summed E-state index contributed by atoms with van der Waals surface area (Å²) in [5, 5.41) is 15.7. The highest BCUT2D eigenvalue weighted by Gasteiger charge is 2.08. The number of benzene rings is 1. The second-order valence-corrected chi connectivity index (χ2v) is 3.80. The molecule has 0 fully saturated rings. The van der Waals surface area contributed by atoms with Crippen molar-refractivity contribution in [3.63, 3.8) is 0 Å². The smallest absolute Gasteiger partial charge is 0.145 e. The number of nitrogens with zero attached hydrogens (tertiary/aromatic N) is 2. The van der Waals surface area contributed by atoms with Gasteiger partial charge in [0, 0.05) is 11.6 Å². The molecule has 0 radical (unpaired) electrons. The van der Waals surface area contributed by atoms with E-state index >= 15 is 0 Å². The van der Waals surface area contributed by atoms with Gasteiger partial charge in [0.25, 0.3) is 0 Å². The number of H-pyrrole nitrogens is 1. The Bertz CT molecular complexity index is 575. The van der Waals surface area contributed by atoms with Crippen molar-refractivity contribution in [3.8, 4) is 17.3 Å². The normalized spacial score (nSPS) is 10.1. The maximum absolute atomic E-state index is 8.99. The van der Waals surface area contributed by atoms with Crippen molar-refractivity contribution in [1.82, 2.24) is 10.2 Å². The quantitative estimate of drug-likeness (QED) is 0.760. The van der Waals surface area contributed by atoms with E-state index in [0.717, 1.165) is 22.4 Å². The largest absolute Gasteiger partial charge is 0.382 e. The van der Waals surface area contributed by atoms with E-state index in [-0.39, 0.29) is 0 Å². The van der Waals surface area contributed by atoms with Gasteiger partial charge in [0.2, 0.25) is 0 Å². The third-order valence-electron chi connectivity index (χ3n) is 2.58. The van der Waals surface area contributed by atoms with E-state index in [1.807, 2.05) is 26.0 Å². The zero-order valence-electron chi connectivity index (χ0n) is 9.20. The first-order valence-electron chi connectivity index (χ1n) is 4.94. The first-order valence-corrected chi connectivity index (χ1v) is 4.94. The monoisotopic (exact) mass is 212 g/mol. The Morgan fingerprint density at radius 2 is 2.00 bits per heavy atom. The van der Waals surface area contributed by atoms with Gasteiger partial charge in [-0.25, -0.2) is 0 Å². The molecule has 0 saturated carbocycles. The summed E-state index contributed by atoms with van der Waals surface area (Å²) in [5.41, 5.74) is 10.1. The van der Waals surface area contributed by atoms with Gasteiger partial charge in [0.1, 0.15) is 5.82 Å². The minimum absolute atomic E-state index is 0.452. The summed E-state index contributed by atoms with van der Waals surface area (Å²) in [6.07, 6.45) is 0. The van der Waals surface area contributed by atoms with Crippen LogP contribution in [-0.4, -0.2) is 10.2 Å². The maximum atomic E-state index is 8.99. The molecule has 0 aliphatic heterocycles. The molecule has 1 aromatic heterocycles. The molecule has 0 unspecified atom stereocenters. The summed E-state index contributed by atoms with van der Waals surface area (Å²) in [4.78, 5) is 0. The van der Waals surface area contributed by atoms with Crippen molar-refractivity contribution in [3.05, 3.63) is 34.9 Å². The number of nitrogens with one attached hydrogen (secondary N) is 1. The Labute approximate surface area is 93.7 Å². The summed E-state index contributed by atoms with van der Waals surface area (Å²) in [7, 11) is 0. The molecule has 0 amide bonds. The molecule has 4 nitrogen and oxygen atoms in total. The van der Waals surface area contributed by atoms with Gasteiger partial charge in [-0.05, 0) is 31.0 Å². The SMILES string of the molecule is Cc1cc(C)c(-c2cc(N)n[nH]2)cc1C#N. The van der Waals surface area contributed by atoms with Gasteiger partial charge >= 0.3 is 0 Å². The lowest BCUT2D eigenvalue weighted by Gasteiger charge is -2.06. The highest BCUT2D eigenvalue weighted by atomic mass is 15.2. The van der Waals surface area contributed by atoms with Gasteiger partial charge in [0.05, 0.1) is 17.3 Å². The van der Waals surface area contributed by atoms with Crippen molar-refractivity contribution in [2.24, 2.45) is 0 Å². The predicted molar refractivity (Wildman–Crippen MR) is 62.6 cm³/mol. The minimum Gasteiger partial charge on any atom is -0.382 e. The number of rotatable bonds is 1. The Morgan fingerprint density at radius 1 is 1.25 bits per heavy atom. The number of anilines is 1. The van der Waals surface area contributed by atoms with Crippen LogP contribution in [0.1, 0.15) is 16.7 Å². The van der Waals surface area contributed by atoms with Gasteiger partial charge in [-0.15, -0.1) is 0 Å². The zero-order chi connectivity index (χ0) is 11.7. The van der Waals surface area contributed by atoms with Crippen LogP contribution in [0, 0.1) is 25.2 Å². The lowest BCUT2D eigenvalue weighted by atomic mass is 9.99. The van der Waals surface area contributed by atoms with Crippen LogP contribution >= 0.6 is 0 Å². The van der Waals surface area contributed by atoms with E-state index in [2.05, 4.69) is 16.3 Å². The Kier molecular flexibility index (Phi) is 2.37. The number of nitrogen functional groups attached to an aromatic ring is 1. The van der Waals surface area contributed by atoms with Gasteiger partial charge < -0.3 is 5.73 Å². The van der Waals surface area contributed by atoms with Crippen molar-refractivity contribution < 1.29 is 0 Å². The minimum atomic E-state index is 0.452. The Morgan fingerprint density at radius 3 is 2.56 bits per heavy atom. The molecule has 4 heteroatoms. The number of hydrogen-bond donors (Lipinski definition) is 2. The number of aryl methyl sites for hydroxylation is 2. The molecule has 0 atom stereocenters. The summed E-state index contributed by atoms with van der Waals surface area (Å²) < 4.78 is 0. The van der Waals surface area contributed by atoms with Gasteiger partial charge in [-0.2, -0.15) is 10.4 Å². The van der Waals surface area contributed by atoms with E-state index < -0.39 is 0 Å². The van der Waals surface area contributed by atoms with E-state index in [4.69, 9.17) is 11.0 Å². The second-order valence-electron chi connectivity index (χ2n) is 3.80.